The number of carbonyl (C=O) groups is 1. The van der Waals surface area contributed by atoms with Gasteiger partial charge in [0.15, 0.2) is 11.5 Å². The smallest absolute Gasteiger partial charge is 0.259 e. The van der Waals surface area contributed by atoms with E-state index in [0.717, 1.165) is 5.56 Å². The zero-order valence-electron chi connectivity index (χ0n) is 11.3. The van der Waals surface area contributed by atoms with Crippen molar-refractivity contribution in [3.8, 4) is 11.5 Å². The molecule has 20 heavy (non-hydrogen) atoms. The number of anilines is 2. The summed E-state index contributed by atoms with van der Waals surface area (Å²) in [6, 6.07) is 9.97. The molecule has 0 heterocycles. The summed E-state index contributed by atoms with van der Waals surface area (Å²) in [5.74, 6) is -0.363. The van der Waals surface area contributed by atoms with Gasteiger partial charge in [0.25, 0.3) is 5.91 Å². The first kappa shape index (κ1) is 13.7. The third-order valence-electron chi connectivity index (χ3n) is 3.00. The molecule has 2 rings (SSSR count). The Kier molecular flexibility index (Phi) is 3.79. The van der Waals surface area contributed by atoms with Crippen LogP contribution >= 0.6 is 0 Å². The molecule has 0 unspecified atom stereocenters. The summed E-state index contributed by atoms with van der Waals surface area (Å²) >= 11 is 0. The van der Waals surface area contributed by atoms with E-state index in [-0.39, 0.29) is 17.1 Å². The number of nitrogens with two attached hydrogens (primary N) is 1. The summed E-state index contributed by atoms with van der Waals surface area (Å²) in [5.41, 5.74) is 8.03. The van der Waals surface area contributed by atoms with E-state index in [1.54, 1.807) is 24.3 Å². The van der Waals surface area contributed by atoms with Gasteiger partial charge in [-0.05, 0) is 36.8 Å². The fourth-order valence-electron chi connectivity index (χ4n) is 1.79. The number of hydrogen-bond acceptors (Lipinski definition) is 4. The molecule has 104 valence electrons. The molecule has 0 saturated heterocycles. The van der Waals surface area contributed by atoms with Gasteiger partial charge in [0.2, 0.25) is 0 Å². The van der Waals surface area contributed by atoms with Crippen LogP contribution in [0, 0.1) is 6.92 Å². The van der Waals surface area contributed by atoms with Crippen LogP contribution in [0.3, 0.4) is 0 Å². The Hall–Kier alpha value is -2.69. The molecule has 0 bridgehead atoms. The van der Waals surface area contributed by atoms with Crippen LogP contribution in [0.15, 0.2) is 36.4 Å². The van der Waals surface area contributed by atoms with Crippen LogP contribution in [0.4, 0.5) is 11.4 Å². The molecule has 0 aromatic heterocycles. The molecular weight excluding hydrogens is 256 g/mol. The summed E-state index contributed by atoms with van der Waals surface area (Å²) < 4.78 is 4.97. The molecule has 2 aromatic carbocycles. The topological polar surface area (TPSA) is 84.6 Å². The summed E-state index contributed by atoms with van der Waals surface area (Å²) in [6.45, 7) is 1.88. The first-order chi connectivity index (χ1) is 9.52. The van der Waals surface area contributed by atoms with Gasteiger partial charge in [-0.3, -0.25) is 4.79 Å². The molecule has 5 heteroatoms. The molecule has 1 amide bonds. The van der Waals surface area contributed by atoms with Gasteiger partial charge in [0.1, 0.15) is 0 Å². The fourth-order valence-corrected chi connectivity index (χ4v) is 1.79. The summed E-state index contributed by atoms with van der Waals surface area (Å²) in [4.78, 5) is 12.1. The molecule has 5 nitrogen and oxygen atoms in total. The lowest BCUT2D eigenvalue weighted by atomic mass is 10.1. The Balaban J connectivity index is 2.26. The number of carbonyl (C=O) groups excluding carboxylic acids is 1. The fraction of sp³-hybridized carbons (Fsp3) is 0.133. The average Bonchev–Trinajstić information content (AvgIpc) is 2.43. The highest BCUT2D eigenvalue weighted by molar-refractivity contribution is 6.06. The number of phenols is 1. The van der Waals surface area contributed by atoms with E-state index >= 15 is 0 Å². The Morgan fingerprint density at radius 1 is 1.30 bits per heavy atom. The summed E-state index contributed by atoms with van der Waals surface area (Å²) in [7, 11) is 1.43. The zero-order valence-corrected chi connectivity index (χ0v) is 11.3. The average molecular weight is 272 g/mol. The third kappa shape index (κ3) is 2.66. The molecular formula is C15H16N2O3. The second-order valence-electron chi connectivity index (χ2n) is 4.38. The lowest BCUT2D eigenvalue weighted by molar-refractivity contribution is 0.102. The minimum absolute atomic E-state index is 0.142. The van der Waals surface area contributed by atoms with Gasteiger partial charge in [-0.1, -0.05) is 12.1 Å². The maximum Gasteiger partial charge on any atom is 0.259 e. The first-order valence-electron chi connectivity index (χ1n) is 6.06. The maximum atomic E-state index is 12.1. The van der Waals surface area contributed by atoms with Gasteiger partial charge < -0.3 is 20.9 Å². The van der Waals surface area contributed by atoms with Crippen molar-refractivity contribution in [3.63, 3.8) is 0 Å². The SMILES string of the molecule is COc1cccc(C(=O)Nc2ccc(C)c(N)c2)c1O. The molecule has 0 aliphatic rings. The van der Waals surface area contributed by atoms with E-state index in [1.165, 1.54) is 13.2 Å². The lowest BCUT2D eigenvalue weighted by Gasteiger charge is -2.10. The Morgan fingerprint density at radius 2 is 2.05 bits per heavy atom. The van der Waals surface area contributed by atoms with Gasteiger partial charge in [-0.25, -0.2) is 0 Å². The van der Waals surface area contributed by atoms with Crippen LogP contribution in [0.5, 0.6) is 11.5 Å². The molecule has 0 radical (unpaired) electrons. The molecule has 0 aliphatic heterocycles. The molecule has 0 atom stereocenters. The molecule has 0 saturated carbocycles. The van der Waals surface area contributed by atoms with Crippen LogP contribution in [0.25, 0.3) is 0 Å². The predicted octanol–water partition coefficient (Wildman–Crippen LogP) is 2.54. The highest BCUT2D eigenvalue weighted by atomic mass is 16.5. The minimum atomic E-state index is -0.426. The van der Waals surface area contributed by atoms with E-state index in [9.17, 15) is 9.90 Å². The van der Waals surface area contributed by atoms with Crippen molar-refractivity contribution in [1.82, 2.24) is 0 Å². The number of benzene rings is 2. The van der Waals surface area contributed by atoms with Gasteiger partial charge >= 0.3 is 0 Å². The van der Waals surface area contributed by atoms with Crippen LogP contribution in [0.1, 0.15) is 15.9 Å². The second kappa shape index (κ2) is 5.52. The molecule has 2 aromatic rings. The molecule has 4 N–H and O–H groups in total. The largest absolute Gasteiger partial charge is 0.504 e. The lowest BCUT2D eigenvalue weighted by Crippen LogP contribution is -2.12. The number of para-hydroxylation sites is 1. The van der Waals surface area contributed by atoms with E-state index in [1.807, 2.05) is 13.0 Å². The highest BCUT2D eigenvalue weighted by Gasteiger charge is 2.15. The number of methoxy groups -OCH3 is 1. The van der Waals surface area contributed by atoms with Crippen molar-refractivity contribution in [2.75, 3.05) is 18.2 Å². The summed E-state index contributed by atoms with van der Waals surface area (Å²) in [5, 5.41) is 12.6. The number of hydrogen-bond donors (Lipinski definition) is 3. The number of nitrogen functional groups attached to an aromatic ring is 1. The van der Waals surface area contributed by atoms with E-state index in [2.05, 4.69) is 5.32 Å². The normalized spacial score (nSPS) is 10.1. The minimum Gasteiger partial charge on any atom is -0.504 e. The number of aromatic hydroxyl groups is 1. The second-order valence-corrected chi connectivity index (χ2v) is 4.38. The van der Waals surface area contributed by atoms with Crippen molar-refractivity contribution in [1.29, 1.82) is 0 Å². The van der Waals surface area contributed by atoms with Crippen molar-refractivity contribution >= 4 is 17.3 Å². The number of phenolic OH excluding ortho intramolecular Hbond substituents is 1. The van der Waals surface area contributed by atoms with Gasteiger partial charge in [0, 0.05) is 11.4 Å². The molecule has 0 spiro atoms. The molecule has 0 fully saturated rings. The molecule has 0 aliphatic carbocycles. The van der Waals surface area contributed by atoms with Crippen LogP contribution < -0.4 is 15.8 Å². The summed E-state index contributed by atoms with van der Waals surface area (Å²) in [6.07, 6.45) is 0. The van der Waals surface area contributed by atoms with Crippen molar-refractivity contribution in [3.05, 3.63) is 47.5 Å². The maximum absolute atomic E-state index is 12.1. The Bertz CT molecular complexity index is 654. The van der Waals surface area contributed by atoms with Gasteiger partial charge in [-0.15, -0.1) is 0 Å². The van der Waals surface area contributed by atoms with Crippen LogP contribution in [-0.4, -0.2) is 18.1 Å². The highest BCUT2D eigenvalue weighted by Crippen LogP contribution is 2.30. The first-order valence-corrected chi connectivity index (χ1v) is 6.06. The van der Waals surface area contributed by atoms with Crippen molar-refractivity contribution in [2.24, 2.45) is 0 Å². The number of ether oxygens (including phenoxy) is 1. The number of nitrogens with one attached hydrogen (secondary N) is 1. The van der Waals surface area contributed by atoms with Gasteiger partial charge in [-0.2, -0.15) is 0 Å². The van der Waals surface area contributed by atoms with Gasteiger partial charge in [0.05, 0.1) is 12.7 Å². The Morgan fingerprint density at radius 3 is 2.70 bits per heavy atom. The van der Waals surface area contributed by atoms with E-state index < -0.39 is 5.91 Å². The van der Waals surface area contributed by atoms with E-state index in [4.69, 9.17) is 10.5 Å². The van der Waals surface area contributed by atoms with Crippen molar-refractivity contribution < 1.29 is 14.6 Å². The number of aryl methyl sites for hydroxylation is 1. The van der Waals surface area contributed by atoms with E-state index in [0.29, 0.717) is 11.4 Å². The zero-order chi connectivity index (χ0) is 14.7. The number of rotatable bonds is 3. The van der Waals surface area contributed by atoms with Crippen LogP contribution in [-0.2, 0) is 0 Å². The quantitative estimate of drug-likeness (QED) is 0.750. The Labute approximate surface area is 117 Å². The monoisotopic (exact) mass is 272 g/mol. The standard InChI is InChI=1S/C15H16N2O3/c1-9-6-7-10(8-12(9)16)17-15(19)11-4-3-5-13(20-2)14(11)18/h3-8,18H,16H2,1-2H3,(H,17,19). The number of amides is 1. The van der Waals surface area contributed by atoms with Crippen molar-refractivity contribution in [2.45, 2.75) is 6.92 Å². The predicted molar refractivity (Wildman–Crippen MR) is 78.2 cm³/mol. The van der Waals surface area contributed by atoms with Crippen LogP contribution in [0.2, 0.25) is 0 Å². The third-order valence-corrected chi connectivity index (χ3v) is 3.00.